The molecule has 0 saturated carbocycles. The second-order valence-corrected chi connectivity index (χ2v) is 4.92. The summed E-state index contributed by atoms with van der Waals surface area (Å²) in [5.41, 5.74) is 2.21. The number of hydrogen-bond donors (Lipinski definition) is 1. The molecule has 0 fully saturated rings. The molecule has 0 bridgehead atoms. The lowest BCUT2D eigenvalue weighted by atomic mass is 10.2. The minimum absolute atomic E-state index is 0.579. The van der Waals surface area contributed by atoms with Crippen molar-refractivity contribution in [2.24, 2.45) is 5.16 Å². The van der Waals surface area contributed by atoms with Crippen LogP contribution in [-0.4, -0.2) is 11.8 Å². The molecule has 0 heterocycles. The monoisotopic (exact) mass is 314 g/mol. The summed E-state index contributed by atoms with van der Waals surface area (Å²) in [6.45, 7) is 1.75. The smallest absolute Gasteiger partial charge is 0.298 e. The molecule has 0 aliphatic heterocycles. The molecule has 2 rings (SSSR count). The Balaban J connectivity index is 1.86. The first kappa shape index (κ1) is 15.8. The summed E-state index contributed by atoms with van der Waals surface area (Å²) in [6, 6.07) is 16.5. The highest BCUT2D eigenvalue weighted by Crippen LogP contribution is 2.13. The number of amides is 1. The summed E-state index contributed by atoms with van der Waals surface area (Å²) in [7, 11) is 0. The molecule has 0 atom stereocenters. The third-order valence-electron chi connectivity index (χ3n) is 2.68. The first-order valence-electron chi connectivity index (χ1n) is 6.65. The molecule has 0 saturated heterocycles. The van der Waals surface area contributed by atoms with E-state index in [4.69, 9.17) is 16.4 Å². The lowest BCUT2D eigenvalue weighted by Gasteiger charge is -2.02. The Morgan fingerprint density at radius 1 is 1.14 bits per heavy atom. The van der Waals surface area contributed by atoms with Gasteiger partial charge in [0.25, 0.3) is 0 Å². The summed E-state index contributed by atoms with van der Waals surface area (Å²) in [5, 5.41) is 6.89. The van der Waals surface area contributed by atoms with Crippen molar-refractivity contribution in [3.8, 4) is 0 Å². The van der Waals surface area contributed by atoms with Crippen LogP contribution in [0, 0.1) is 0 Å². The van der Waals surface area contributed by atoms with Crippen LogP contribution in [0.3, 0.4) is 0 Å². The van der Waals surface area contributed by atoms with E-state index in [2.05, 4.69) is 10.5 Å². The molecule has 0 aromatic heterocycles. The number of benzene rings is 2. The third kappa shape index (κ3) is 5.42. The molecule has 1 amide bonds. The number of hydrogen-bond acceptors (Lipinski definition) is 3. The quantitative estimate of drug-likeness (QED) is 0.491. The fraction of sp³-hybridized carbons (Fsp3) is 0.0588. The van der Waals surface area contributed by atoms with E-state index in [1.807, 2.05) is 36.4 Å². The summed E-state index contributed by atoms with van der Waals surface area (Å²) in [5.74, 6) is 0. The van der Waals surface area contributed by atoms with Crippen molar-refractivity contribution in [3.63, 3.8) is 0 Å². The van der Waals surface area contributed by atoms with Gasteiger partial charge in [-0.15, -0.1) is 0 Å². The highest BCUT2D eigenvalue weighted by molar-refractivity contribution is 6.30. The summed E-state index contributed by atoms with van der Waals surface area (Å²) >= 11 is 5.76. The Bertz CT molecular complexity index is 680. The molecule has 1 N–H and O–H groups in total. The minimum Gasteiger partial charge on any atom is -0.298 e. The highest BCUT2D eigenvalue weighted by Gasteiger charge is 2.02. The Hall–Kier alpha value is -2.59. The van der Waals surface area contributed by atoms with E-state index in [0.29, 0.717) is 16.4 Å². The van der Waals surface area contributed by atoms with Crippen molar-refractivity contribution in [2.75, 3.05) is 5.32 Å². The molecule has 0 aliphatic rings. The van der Waals surface area contributed by atoms with Crippen LogP contribution in [0.4, 0.5) is 10.5 Å². The SMILES string of the molecule is CC(/C=C\c1ccccc1)=N\OC(=O)Nc1ccc(Cl)cc1. The number of nitrogens with one attached hydrogen (secondary N) is 1. The summed E-state index contributed by atoms with van der Waals surface area (Å²) in [4.78, 5) is 16.4. The molecule has 5 heteroatoms. The Morgan fingerprint density at radius 3 is 2.50 bits per heavy atom. The molecular formula is C17H15ClN2O2. The highest BCUT2D eigenvalue weighted by atomic mass is 35.5. The molecular weight excluding hydrogens is 300 g/mol. The van der Waals surface area contributed by atoms with E-state index < -0.39 is 6.09 Å². The standard InChI is InChI=1S/C17H15ClN2O2/c1-13(7-8-14-5-3-2-4-6-14)20-22-17(21)19-16-11-9-15(18)10-12-16/h2-12H,1H3,(H,19,21)/b8-7-,20-13+. The van der Waals surface area contributed by atoms with E-state index in [1.54, 1.807) is 37.3 Å². The summed E-state index contributed by atoms with van der Waals surface area (Å²) < 4.78 is 0. The fourth-order valence-corrected chi connectivity index (χ4v) is 1.72. The van der Waals surface area contributed by atoms with Crippen molar-refractivity contribution in [2.45, 2.75) is 6.92 Å². The first-order valence-corrected chi connectivity index (χ1v) is 7.02. The lowest BCUT2D eigenvalue weighted by molar-refractivity contribution is 0.166. The van der Waals surface area contributed by atoms with Crippen LogP contribution >= 0.6 is 11.6 Å². The zero-order valence-electron chi connectivity index (χ0n) is 12.0. The summed E-state index contributed by atoms with van der Waals surface area (Å²) in [6.07, 6.45) is 3.00. The number of halogens is 1. The molecule has 4 nitrogen and oxygen atoms in total. The van der Waals surface area contributed by atoms with Crippen molar-refractivity contribution < 1.29 is 9.63 Å². The lowest BCUT2D eigenvalue weighted by Crippen LogP contribution is -2.11. The predicted octanol–water partition coefficient (Wildman–Crippen LogP) is 4.98. The maximum atomic E-state index is 11.6. The van der Waals surface area contributed by atoms with Gasteiger partial charge in [-0.1, -0.05) is 53.2 Å². The van der Waals surface area contributed by atoms with Gasteiger partial charge in [0.05, 0.1) is 5.71 Å². The number of nitrogens with zero attached hydrogens (tertiary/aromatic N) is 1. The zero-order chi connectivity index (χ0) is 15.8. The van der Waals surface area contributed by atoms with Crippen molar-refractivity contribution in [3.05, 3.63) is 71.3 Å². The second-order valence-electron chi connectivity index (χ2n) is 4.49. The molecule has 0 unspecified atom stereocenters. The van der Waals surface area contributed by atoms with Gasteiger partial charge in [-0.25, -0.2) is 4.79 Å². The maximum absolute atomic E-state index is 11.6. The largest absolute Gasteiger partial charge is 0.437 e. The molecule has 0 aliphatic carbocycles. The van der Waals surface area contributed by atoms with Gasteiger partial charge in [-0.3, -0.25) is 10.2 Å². The average Bonchev–Trinajstić information content (AvgIpc) is 2.54. The van der Waals surface area contributed by atoms with Crippen LogP contribution in [-0.2, 0) is 4.84 Å². The number of carbonyl (C=O) groups is 1. The van der Waals surface area contributed by atoms with Crippen molar-refractivity contribution in [1.82, 2.24) is 0 Å². The third-order valence-corrected chi connectivity index (χ3v) is 2.93. The van der Waals surface area contributed by atoms with Gasteiger partial charge in [0.1, 0.15) is 0 Å². The van der Waals surface area contributed by atoms with Gasteiger partial charge >= 0.3 is 6.09 Å². The number of anilines is 1. The van der Waals surface area contributed by atoms with Crippen LogP contribution < -0.4 is 5.32 Å². The van der Waals surface area contributed by atoms with E-state index in [0.717, 1.165) is 5.56 Å². The molecule has 0 spiro atoms. The van der Waals surface area contributed by atoms with Gasteiger partial charge in [0.15, 0.2) is 0 Å². The molecule has 0 radical (unpaired) electrons. The van der Waals surface area contributed by atoms with Crippen LogP contribution in [0.25, 0.3) is 6.08 Å². The Morgan fingerprint density at radius 2 is 1.82 bits per heavy atom. The van der Waals surface area contributed by atoms with E-state index in [9.17, 15) is 4.79 Å². The topological polar surface area (TPSA) is 50.7 Å². The van der Waals surface area contributed by atoms with E-state index >= 15 is 0 Å². The first-order chi connectivity index (χ1) is 10.6. The van der Waals surface area contributed by atoms with Crippen LogP contribution in [0.2, 0.25) is 5.02 Å². The van der Waals surface area contributed by atoms with Crippen LogP contribution in [0.5, 0.6) is 0 Å². The van der Waals surface area contributed by atoms with E-state index in [-0.39, 0.29) is 0 Å². The molecule has 22 heavy (non-hydrogen) atoms. The van der Waals surface area contributed by atoms with Gasteiger partial charge in [0.2, 0.25) is 0 Å². The average molecular weight is 315 g/mol. The van der Waals surface area contributed by atoms with Crippen LogP contribution in [0.1, 0.15) is 12.5 Å². The van der Waals surface area contributed by atoms with E-state index in [1.165, 1.54) is 0 Å². The zero-order valence-corrected chi connectivity index (χ0v) is 12.7. The van der Waals surface area contributed by atoms with Crippen molar-refractivity contribution >= 4 is 35.2 Å². The maximum Gasteiger partial charge on any atom is 0.437 e. The molecule has 2 aromatic rings. The van der Waals surface area contributed by atoms with Gasteiger partial charge in [0, 0.05) is 10.7 Å². The second kappa shape index (κ2) is 8.00. The Labute approximate surface area is 134 Å². The Kier molecular flexibility index (Phi) is 5.74. The predicted molar refractivity (Wildman–Crippen MR) is 90.1 cm³/mol. The van der Waals surface area contributed by atoms with Gasteiger partial charge in [-0.05, 0) is 42.8 Å². The normalized spacial score (nSPS) is 11.5. The minimum atomic E-state index is -0.658. The number of allylic oxidation sites excluding steroid dienone is 1. The number of rotatable bonds is 4. The van der Waals surface area contributed by atoms with Crippen molar-refractivity contribution in [1.29, 1.82) is 0 Å². The van der Waals surface area contributed by atoms with Gasteiger partial charge < -0.3 is 0 Å². The number of oxime groups is 1. The fourth-order valence-electron chi connectivity index (χ4n) is 1.60. The molecule has 2 aromatic carbocycles. The number of carbonyl (C=O) groups excluding carboxylic acids is 1. The van der Waals surface area contributed by atoms with Gasteiger partial charge in [-0.2, -0.15) is 0 Å². The van der Waals surface area contributed by atoms with Crippen LogP contribution in [0.15, 0.2) is 65.8 Å². The molecule has 112 valence electrons.